The molecule has 1 fully saturated rings. The summed E-state index contributed by atoms with van der Waals surface area (Å²) >= 11 is 1.64. The molecule has 8 nitrogen and oxygen atoms in total. The average molecular weight is 484 g/mol. The van der Waals surface area contributed by atoms with E-state index in [0.29, 0.717) is 29.3 Å². The van der Waals surface area contributed by atoms with E-state index in [9.17, 15) is 8.42 Å². The minimum absolute atomic E-state index is 0.0696. The molecule has 1 N–H and O–H groups in total. The quantitative estimate of drug-likeness (QED) is 0.429. The second-order valence-electron chi connectivity index (χ2n) is 8.15. The van der Waals surface area contributed by atoms with Crippen molar-refractivity contribution in [1.82, 2.24) is 24.5 Å². The molecule has 1 aliphatic rings. The van der Waals surface area contributed by atoms with E-state index in [-0.39, 0.29) is 17.5 Å². The standard InChI is InChI=1S/C23H25N5O3S2/c1-15-9-10-16(12-20(15)33(29,30)24-13-17-6-5-11-31-17)22-18-7-3-4-8-19(18)23-26-25-21(14-32-2)28(23)27-22/h3-4,7-10,12,17,24H,5-6,11,13-14H2,1-2H3. The van der Waals surface area contributed by atoms with Crippen LogP contribution in [0.4, 0.5) is 0 Å². The third kappa shape index (κ3) is 4.23. The molecule has 1 atom stereocenters. The lowest BCUT2D eigenvalue weighted by molar-refractivity contribution is 0.114. The second kappa shape index (κ2) is 9.02. The third-order valence-corrected chi connectivity index (χ3v) is 7.99. The van der Waals surface area contributed by atoms with Crippen LogP contribution in [0.15, 0.2) is 47.4 Å². The van der Waals surface area contributed by atoms with Gasteiger partial charge in [0.15, 0.2) is 11.5 Å². The van der Waals surface area contributed by atoms with Gasteiger partial charge in [-0.2, -0.15) is 21.4 Å². The van der Waals surface area contributed by atoms with Crippen molar-refractivity contribution in [2.75, 3.05) is 19.4 Å². The number of aromatic nitrogens is 4. The summed E-state index contributed by atoms with van der Waals surface area (Å²) in [7, 11) is -3.70. The smallest absolute Gasteiger partial charge is 0.240 e. The van der Waals surface area contributed by atoms with Crippen molar-refractivity contribution in [3.05, 3.63) is 53.9 Å². The Labute approximate surface area is 196 Å². The van der Waals surface area contributed by atoms with Crippen LogP contribution in [0.1, 0.15) is 24.2 Å². The van der Waals surface area contributed by atoms with Gasteiger partial charge in [-0.05, 0) is 37.7 Å². The first-order chi connectivity index (χ1) is 16.0. The number of nitrogens with one attached hydrogen (secondary N) is 1. The van der Waals surface area contributed by atoms with Crippen LogP contribution in [0.2, 0.25) is 0 Å². The van der Waals surface area contributed by atoms with Gasteiger partial charge in [0.05, 0.1) is 22.4 Å². The maximum absolute atomic E-state index is 13.2. The van der Waals surface area contributed by atoms with E-state index in [1.807, 2.05) is 42.7 Å². The molecule has 33 heavy (non-hydrogen) atoms. The fourth-order valence-corrected chi connectivity index (χ4v) is 5.95. The molecule has 0 saturated carbocycles. The van der Waals surface area contributed by atoms with Gasteiger partial charge >= 0.3 is 0 Å². The molecule has 2 aromatic heterocycles. The molecule has 172 valence electrons. The molecule has 2 aromatic carbocycles. The summed E-state index contributed by atoms with van der Waals surface area (Å²) in [6, 6.07) is 13.3. The number of nitrogens with zero attached hydrogens (tertiary/aromatic N) is 4. The number of fused-ring (bicyclic) bond motifs is 3. The molecule has 3 heterocycles. The van der Waals surface area contributed by atoms with Crippen molar-refractivity contribution < 1.29 is 13.2 Å². The third-order valence-electron chi connectivity index (χ3n) is 5.88. The van der Waals surface area contributed by atoms with Gasteiger partial charge in [-0.1, -0.05) is 36.4 Å². The molecule has 0 aliphatic carbocycles. The van der Waals surface area contributed by atoms with E-state index in [0.717, 1.165) is 35.0 Å². The van der Waals surface area contributed by atoms with Gasteiger partial charge in [-0.25, -0.2) is 13.1 Å². The molecular weight excluding hydrogens is 458 g/mol. The highest BCUT2D eigenvalue weighted by Crippen LogP contribution is 2.31. The van der Waals surface area contributed by atoms with Crippen LogP contribution in [0, 0.1) is 6.92 Å². The van der Waals surface area contributed by atoms with Crippen molar-refractivity contribution in [2.45, 2.75) is 36.5 Å². The molecule has 1 unspecified atom stereocenters. The molecule has 5 rings (SSSR count). The molecule has 0 radical (unpaired) electrons. The van der Waals surface area contributed by atoms with Gasteiger partial charge in [0.25, 0.3) is 0 Å². The van der Waals surface area contributed by atoms with Crippen LogP contribution in [-0.4, -0.2) is 53.7 Å². The Hall–Kier alpha value is -2.53. The van der Waals surface area contributed by atoms with E-state index in [1.165, 1.54) is 0 Å². The summed E-state index contributed by atoms with van der Waals surface area (Å²) in [5.74, 6) is 1.43. The summed E-state index contributed by atoms with van der Waals surface area (Å²) in [6.45, 7) is 2.76. The highest BCUT2D eigenvalue weighted by molar-refractivity contribution is 7.97. The lowest BCUT2D eigenvalue weighted by Crippen LogP contribution is -2.32. The molecule has 4 aromatic rings. The molecule has 10 heteroatoms. The highest BCUT2D eigenvalue weighted by atomic mass is 32.2. The van der Waals surface area contributed by atoms with Crippen molar-refractivity contribution in [2.24, 2.45) is 0 Å². The lowest BCUT2D eigenvalue weighted by Gasteiger charge is -2.14. The monoisotopic (exact) mass is 483 g/mol. The van der Waals surface area contributed by atoms with E-state index in [4.69, 9.17) is 9.84 Å². The van der Waals surface area contributed by atoms with E-state index >= 15 is 0 Å². The van der Waals surface area contributed by atoms with Crippen LogP contribution < -0.4 is 4.72 Å². The lowest BCUT2D eigenvalue weighted by atomic mass is 10.0. The number of ether oxygens (including phenoxy) is 1. The number of sulfonamides is 1. The highest BCUT2D eigenvalue weighted by Gasteiger charge is 2.23. The SMILES string of the molecule is CSCc1nnc2c3ccccc3c(-c3ccc(C)c(S(=O)(=O)NCC4CCCO4)c3)nn12. The van der Waals surface area contributed by atoms with Gasteiger partial charge < -0.3 is 4.74 Å². The van der Waals surface area contributed by atoms with Crippen molar-refractivity contribution in [3.63, 3.8) is 0 Å². The van der Waals surface area contributed by atoms with Crippen LogP contribution in [0.3, 0.4) is 0 Å². The predicted molar refractivity (Wildman–Crippen MR) is 130 cm³/mol. The van der Waals surface area contributed by atoms with E-state index < -0.39 is 10.0 Å². The first-order valence-electron chi connectivity index (χ1n) is 10.8. The largest absolute Gasteiger partial charge is 0.377 e. The fourth-order valence-electron chi connectivity index (χ4n) is 4.18. The molecule has 0 bridgehead atoms. The van der Waals surface area contributed by atoms with Crippen LogP contribution in [-0.2, 0) is 20.5 Å². The Kier molecular flexibility index (Phi) is 6.09. The Morgan fingerprint density at radius 2 is 2.00 bits per heavy atom. The zero-order chi connectivity index (χ0) is 23.0. The Morgan fingerprint density at radius 1 is 1.18 bits per heavy atom. The van der Waals surface area contributed by atoms with Gasteiger partial charge in [0.1, 0.15) is 0 Å². The Balaban J connectivity index is 1.61. The average Bonchev–Trinajstić information content (AvgIpc) is 3.48. The van der Waals surface area contributed by atoms with Gasteiger partial charge in [-0.3, -0.25) is 0 Å². The Bertz CT molecular complexity index is 1430. The maximum atomic E-state index is 13.2. The maximum Gasteiger partial charge on any atom is 0.240 e. The normalized spacial score (nSPS) is 16.7. The van der Waals surface area contributed by atoms with Crippen molar-refractivity contribution >= 4 is 38.2 Å². The predicted octanol–water partition coefficient (Wildman–Crippen LogP) is 3.57. The van der Waals surface area contributed by atoms with E-state index in [1.54, 1.807) is 29.3 Å². The molecule has 0 amide bonds. The minimum Gasteiger partial charge on any atom is -0.377 e. The number of rotatable bonds is 7. The first kappa shape index (κ1) is 22.3. The summed E-state index contributed by atoms with van der Waals surface area (Å²) in [5, 5.41) is 15.3. The number of aryl methyl sites for hydroxylation is 1. The number of hydrogen-bond acceptors (Lipinski definition) is 7. The molecule has 1 saturated heterocycles. The van der Waals surface area contributed by atoms with Gasteiger partial charge in [-0.15, -0.1) is 10.2 Å². The Morgan fingerprint density at radius 3 is 2.76 bits per heavy atom. The molecular formula is C23H25N5O3S2. The first-order valence-corrected chi connectivity index (χ1v) is 13.7. The number of hydrogen-bond donors (Lipinski definition) is 1. The van der Waals surface area contributed by atoms with Crippen molar-refractivity contribution in [1.29, 1.82) is 0 Å². The van der Waals surface area contributed by atoms with Crippen LogP contribution in [0.5, 0.6) is 0 Å². The van der Waals surface area contributed by atoms with Gasteiger partial charge in [0, 0.05) is 29.5 Å². The summed E-state index contributed by atoms with van der Waals surface area (Å²) < 4.78 is 36.4. The topological polar surface area (TPSA) is 98.5 Å². The summed E-state index contributed by atoms with van der Waals surface area (Å²) in [4.78, 5) is 0.247. The van der Waals surface area contributed by atoms with Gasteiger partial charge in [0.2, 0.25) is 10.0 Å². The zero-order valence-electron chi connectivity index (χ0n) is 18.5. The number of thioether (sulfide) groups is 1. The van der Waals surface area contributed by atoms with Crippen LogP contribution in [0.25, 0.3) is 27.7 Å². The number of benzene rings is 2. The molecule has 1 aliphatic heterocycles. The van der Waals surface area contributed by atoms with Crippen LogP contribution >= 0.6 is 11.8 Å². The second-order valence-corrected chi connectivity index (χ2v) is 10.7. The van der Waals surface area contributed by atoms with Crippen molar-refractivity contribution in [3.8, 4) is 11.3 Å². The molecule has 0 spiro atoms. The van der Waals surface area contributed by atoms with E-state index in [2.05, 4.69) is 14.9 Å². The minimum atomic E-state index is -3.70. The zero-order valence-corrected chi connectivity index (χ0v) is 20.1. The summed E-state index contributed by atoms with van der Waals surface area (Å²) in [6.07, 6.45) is 3.77. The fraction of sp³-hybridized carbons (Fsp3) is 0.348. The summed E-state index contributed by atoms with van der Waals surface area (Å²) in [5.41, 5.74) is 2.78.